The van der Waals surface area contributed by atoms with Gasteiger partial charge in [-0.2, -0.15) is 0 Å². The minimum Gasteiger partial charge on any atom is -0.368 e. The molecule has 2 aliphatic heterocycles. The van der Waals surface area contributed by atoms with Gasteiger partial charge in [0.15, 0.2) is 5.96 Å². The zero-order valence-corrected chi connectivity index (χ0v) is 19.3. The van der Waals surface area contributed by atoms with Crippen molar-refractivity contribution in [2.24, 2.45) is 4.99 Å². The molecule has 0 aromatic heterocycles. The highest BCUT2D eigenvalue weighted by Crippen LogP contribution is 2.25. The largest absolute Gasteiger partial charge is 0.368 e. The Morgan fingerprint density at radius 2 is 1.79 bits per heavy atom. The van der Waals surface area contributed by atoms with Gasteiger partial charge in [-0.25, -0.2) is 0 Å². The van der Waals surface area contributed by atoms with Gasteiger partial charge in [-0.05, 0) is 38.1 Å². The molecular formula is C22H37ClN6. The lowest BCUT2D eigenvalue weighted by Crippen LogP contribution is -2.56. The topological polar surface area (TPSA) is 37.4 Å². The smallest absolute Gasteiger partial charge is 0.193 e. The fourth-order valence-electron chi connectivity index (χ4n) is 4.30. The summed E-state index contributed by atoms with van der Waals surface area (Å²) in [6, 6.07) is 6.67. The van der Waals surface area contributed by atoms with Crippen molar-refractivity contribution in [2.75, 3.05) is 77.4 Å². The third-order valence-corrected chi connectivity index (χ3v) is 6.57. The summed E-state index contributed by atoms with van der Waals surface area (Å²) in [4.78, 5) is 14.5. The summed E-state index contributed by atoms with van der Waals surface area (Å²) in [5.41, 5.74) is 2.53. The van der Waals surface area contributed by atoms with Crippen LogP contribution >= 0.6 is 11.6 Å². The second kappa shape index (κ2) is 10.5. The van der Waals surface area contributed by atoms with E-state index >= 15 is 0 Å². The van der Waals surface area contributed by atoms with Crippen LogP contribution in [0.25, 0.3) is 0 Å². The number of piperazine rings is 2. The van der Waals surface area contributed by atoms with Crippen LogP contribution in [0.2, 0.25) is 5.02 Å². The summed E-state index contributed by atoms with van der Waals surface area (Å²) in [6.07, 6.45) is 0. The van der Waals surface area contributed by atoms with Crippen LogP contribution in [0, 0.1) is 6.92 Å². The monoisotopic (exact) mass is 420 g/mol. The van der Waals surface area contributed by atoms with Crippen LogP contribution in [-0.4, -0.2) is 99.2 Å². The molecule has 0 saturated carbocycles. The molecule has 0 bridgehead atoms. The van der Waals surface area contributed by atoms with Crippen molar-refractivity contribution in [1.29, 1.82) is 0 Å². The van der Waals surface area contributed by atoms with Gasteiger partial charge in [-0.3, -0.25) is 9.89 Å². The zero-order valence-electron chi connectivity index (χ0n) is 18.5. The third-order valence-electron chi connectivity index (χ3n) is 6.34. The fraction of sp³-hybridized carbons (Fsp3) is 0.682. The Kier molecular flexibility index (Phi) is 8.04. The zero-order chi connectivity index (χ0) is 20.8. The van der Waals surface area contributed by atoms with E-state index in [-0.39, 0.29) is 0 Å². The van der Waals surface area contributed by atoms with Crippen molar-refractivity contribution >= 4 is 23.2 Å². The maximum atomic E-state index is 6.22. The number of hydrogen-bond acceptors (Lipinski definition) is 4. The molecule has 1 aromatic carbocycles. The van der Waals surface area contributed by atoms with Gasteiger partial charge in [-0.15, -0.1) is 0 Å². The number of likely N-dealkylation sites (N-methyl/N-ethyl adjacent to an activating group) is 1. The molecule has 7 heteroatoms. The summed E-state index contributed by atoms with van der Waals surface area (Å²) >= 11 is 6.22. The van der Waals surface area contributed by atoms with Crippen molar-refractivity contribution in [3.63, 3.8) is 0 Å². The molecule has 3 rings (SSSR count). The van der Waals surface area contributed by atoms with E-state index in [2.05, 4.69) is 62.8 Å². The van der Waals surface area contributed by atoms with Gasteiger partial charge in [-0.1, -0.05) is 24.6 Å². The average molecular weight is 421 g/mol. The Balaban J connectivity index is 1.47. The number of nitrogens with zero attached hydrogens (tertiary/aromatic N) is 5. The lowest BCUT2D eigenvalue weighted by molar-refractivity contribution is 0.107. The first-order chi connectivity index (χ1) is 14.0. The maximum absolute atomic E-state index is 6.22. The minimum atomic E-state index is 0.515. The summed E-state index contributed by atoms with van der Waals surface area (Å²) in [5.74, 6) is 1.02. The predicted molar refractivity (Wildman–Crippen MR) is 124 cm³/mol. The third kappa shape index (κ3) is 5.77. The number of rotatable bonds is 5. The average Bonchev–Trinajstić information content (AvgIpc) is 2.76. The molecule has 2 fully saturated rings. The minimum absolute atomic E-state index is 0.515. The van der Waals surface area contributed by atoms with E-state index in [1.165, 1.54) is 24.3 Å². The molecule has 1 N–H and O–H groups in total. The van der Waals surface area contributed by atoms with E-state index in [0.717, 1.165) is 63.3 Å². The second-order valence-corrected chi connectivity index (χ2v) is 8.59. The highest BCUT2D eigenvalue weighted by Gasteiger charge is 2.23. The van der Waals surface area contributed by atoms with Gasteiger partial charge in [0.25, 0.3) is 0 Å². The summed E-state index contributed by atoms with van der Waals surface area (Å²) in [7, 11) is 1.89. The molecule has 1 atom stereocenters. The van der Waals surface area contributed by atoms with Gasteiger partial charge >= 0.3 is 0 Å². The number of anilines is 1. The molecule has 0 amide bonds. The molecule has 2 aliphatic rings. The first-order valence-corrected chi connectivity index (χ1v) is 11.3. The predicted octanol–water partition coefficient (Wildman–Crippen LogP) is 2.37. The van der Waals surface area contributed by atoms with Crippen LogP contribution in [0.15, 0.2) is 23.2 Å². The molecule has 1 unspecified atom stereocenters. The van der Waals surface area contributed by atoms with Crippen molar-refractivity contribution in [2.45, 2.75) is 26.8 Å². The Morgan fingerprint density at radius 1 is 1.10 bits per heavy atom. The van der Waals surface area contributed by atoms with E-state index in [9.17, 15) is 0 Å². The van der Waals surface area contributed by atoms with Crippen molar-refractivity contribution in [1.82, 2.24) is 20.0 Å². The second-order valence-electron chi connectivity index (χ2n) is 8.15. The molecule has 0 aliphatic carbocycles. The van der Waals surface area contributed by atoms with Crippen LogP contribution in [0.5, 0.6) is 0 Å². The van der Waals surface area contributed by atoms with Crippen LogP contribution in [0.1, 0.15) is 19.4 Å². The van der Waals surface area contributed by atoms with E-state index in [0.29, 0.717) is 6.04 Å². The highest BCUT2D eigenvalue weighted by molar-refractivity contribution is 6.30. The molecule has 2 saturated heterocycles. The van der Waals surface area contributed by atoms with Crippen molar-refractivity contribution in [3.8, 4) is 0 Å². The summed E-state index contributed by atoms with van der Waals surface area (Å²) < 4.78 is 0. The molecule has 0 radical (unpaired) electrons. The lowest BCUT2D eigenvalue weighted by Gasteiger charge is -2.40. The summed E-state index contributed by atoms with van der Waals surface area (Å²) in [5, 5.41) is 4.42. The van der Waals surface area contributed by atoms with E-state index in [4.69, 9.17) is 11.6 Å². The number of nitrogens with one attached hydrogen (secondary N) is 1. The molecule has 6 nitrogen and oxygen atoms in total. The lowest BCUT2D eigenvalue weighted by atomic mass is 10.1. The Labute approximate surface area is 181 Å². The van der Waals surface area contributed by atoms with E-state index in [1.807, 2.05) is 13.1 Å². The normalized spacial score (nSPS) is 20.8. The number of aliphatic imine (C=N–C) groups is 1. The van der Waals surface area contributed by atoms with E-state index in [1.54, 1.807) is 0 Å². The van der Waals surface area contributed by atoms with Crippen molar-refractivity contribution < 1.29 is 0 Å². The summed E-state index contributed by atoms with van der Waals surface area (Å²) in [6.45, 7) is 17.4. The standard InChI is InChI=1S/C22H37ClN6/c1-5-26-8-10-27(11-9-26)19(3)17-25-22(24-4)29-14-12-28(13-15-29)21-16-20(23)7-6-18(21)2/h6-7,16,19H,5,8-15,17H2,1-4H3,(H,24,25). The molecule has 2 heterocycles. The van der Waals surface area contributed by atoms with Gasteiger partial charge < -0.3 is 20.0 Å². The SMILES string of the molecule is CCN1CCN(C(C)CNC(=NC)N2CCN(c3cc(Cl)ccc3C)CC2)CC1. The Bertz CT molecular complexity index is 678. The highest BCUT2D eigenvalue weighted by atomic mass is 35.5. The van der Waals surface area contributed by atoms with Crippen LogP contribution in [0.4, 0.5) is 5.69 Å². The molecule has 162 valence electrons. The van der Waals surface area contributed by atoms with Crippen LogP contribution in [-0.2, 0) is 0 Å². The number of halogens is 1. The number of hydrogen-bond donors (Lipinski definition) is 1. The van der Waals surface area contributed by atoms with Gasteiger partial charge in [0.05, 0.1) is 0 Å². The number of benzene rings is 1. The van der Waals surface area contributed by atoms with E-state index < -0.39 is 0 Å². The quantitative estimate of drug-likeness (QED) is 0.584. The molecule has 1 aromatic rings. The first kappa shape index (κ1) is 22.2. The van der Waals surface area contributed by atoms with Crippen LogP contribution < -0.4 is 10.2 Å². The Morgan fingerprint density at radius 3 is 2.41 bits per heavy atom. The van der Waals surface area contributed by atoms with Crippen molar-refractivity contribution in [3.05, 3.63) is 28.8 Å². The van der Waals surface area contributed by atoms with Gasteiger partial charge in [0.1, 0.15) is 0 Å². The molecular weight excluding hydrogens is 384 g/mol. The molecule has 29 heavy (non-hydrogen) atoms. The first-order valence-electron chi connectivity index (χ1n) is 10.9. The number of guanidine groups is 1. The van der Waals surface area contributed by atoms with Crippen LogP contribution in [0.3, 0.4) is 0 Å². The fourth-order valence-corrected chi connectivity index (χ4v) is 4.47. The number of aryl methyl sites for hydroxylation is 1. The Hall–Kier alpha value is -1.50. The molecule has 0 spiro atoms. The van der Waals surface area contributed by atoms with Gasteiger partial charge in [0, 0.05) is 82.7 Å². The van der Waals surface area contributed by atoms with Gasteiger partial charge in [0.2, 0.25) is 0 Å². The maximum Gasteiger partial charge on any atom is 0.193 e.